The minimum atomic E-state index is -0.676. The molecule has 2 heterocycles. The van der Waals surface area contributed by atoms with E-state index in [1.54, 1.807) is 10.6 Å². The molecule has 142 valence electrons. The lowest BCUT2D eigenvalue weighted by Crippen LogP contribution is -2.41. The molecule has 1 aliphatic rings. The van der Waals surface area contributed by atoms with Crippen LogP contribution in [0.3, 0.4) is 0 Å². The van der Waals surface area contributed by atoms with Gasteiger partial charge in [0.15, 0.2) is 0 Å². The first-order valence-corrected chi connectivity index (χ1v) is 9.47. The summed E-state index contributed by atoms with van der Waals surface area (Å²) in [7, 11) is 0. The van der Waals surface area contributed by atoms with E-state index in [-0.39, 0.29) is 17.8 Å². The number of aliphatic hydroxyl groups excluding tert-OH is 1. The highest BCUT2D eigenvalue weighted by Gasteiger charge is 2.29. The van der Waals surface area contributed by atoms with Crippen molar-refractivity contribution < 1.29 is 10.2 Å². The number of aromatic hydroxyl groups is 1. The standard InChI is InChI=1S/C21H25N3O3/c1-13(9-10-14-5-2-3-8-18(14)25)22-17-11-12-24-19-15(20(17)26)6-4-7-16(19)23-21(24)27/h2-8,13,17,20,22,25-26H,9-12H2,1H3,(H,23,27)/t13-,17+,20+/m0/s1. The lowest BCUT2D eigenvalue weighted by atomic mass is 9.98. The zero-order chi connectivity index (χ0) is 19.0. The van der Waals surface area contributed by atoms with Crippen molar-refractivity contribution in [3.8, 4) is 5.75 Å². The predicted molar refractivity (Wildman–Crippen MR) is 105 cm³/mol. The molecule has 4 N–H and O–H groups in total. The number of nitrogens with zero attached hydrogens (tertiary/aromatic N) is 1. The molecule has 2 aromatic carbocycles. The molecule has 0 aliphatic carbocycles. The number of aromatic amines is 1. The zero-order valence-electron chi connectivity index (χ0n) is 15.4. The predicted octanol–water partition coefficient (Wildman–Crippen LogP) is 2.45. The summed E-state index contributed by atoms with van der Waals surface area (Å²) in [6.45, 7) is 2.65. The van der Waals surface area contributed by atoms with Crippen LogP contribution in [-0.2, 0) is 13.0 Å². The first-order valence-electron chi connectivity index (χ1n) is 9.47. The first kappa shape index (κ1) is 17.8. The molecule has 3 aromatic rings. The molecule has 0 bridgehead atoms. The number of para-hydroxylation sites is 2. The molecule has 0 saturated carbocycles. The van der Waals surface area contributed by atoms with E-state index in [0.29, 0.717) is 18.7 Å². The third-order valence-electron chi connectivity index (χ3n) is 5.52. The summed E-state index contributed by atoms with van der Waals surface area (Å²) >= 11 is 0. The van der Waals surface area contributed by atoms with Gasteiger partial charge in [0.25, 0.3) is 0 Å². The molecule has 4 rings (SSSR count). The van der Waals surface area contributed by atoms with Crippen LogP contribution in [0.2, 0.25) is 0 Å². The van der Waals surface area contributed by atoms with Crippen molar-refractivity contribution in [2.75, 3.05) is 0 Å². The van der Waals surface area contributed by atoms with Gasteiger partial charge in [0.1, 0.15) is 5.75 Å². The van der Waals surface area contributed by atoms with E-state index in [9.17, 15) is 15.0 Å². The molecule has 1 aromatic heterocycles. The molecule has 0 amide bonds. The van der Waals surface area contributed by atoms with Crippen molar-refractivity contribution in [3.05, 3.63) is 64.1 Å². The fraction of sp³-hybridized carbons (Fsp3) is 0.381. The van der Waals surface area contributed by atoms with Crippen LogP contribution in [0.25, 0.3) is 11.0 Å². The number of phenols is 1. The smallest absolute Gasteiger partial charge is 0.326 e. The zero-order valence-corrected chi connectivity index (χ0v) is 15.4. The Morgan fingerprint density at radius 2 is 2.07 bits per heavy atom. The largest absolute Gasteiger partial charge is 0.508 e. The Hall–Kier alpha value is -2.57. The number of aromatic nitrogens is 2. The van der Waals surface area contributed by atoms with Crippen LogP contribution in [-0.4, -0.2) is 31.8 Å². The van der Waals surface area contributed by atoms with E-state index in [4.69, 9.17) is 0 Å². The van der Waals surface area contributed by atoms with Gasteiger partial charge in [-0.2, -0.15) is 0 Å². The van der Waals surface area contributed by atoms with Gasteiger partial charge in [0.2, 0.25) is 0 Å². The van der Waals surface area contributed by atoms with Gasteiger partial charge in [-0.15, -0.1) is 0 Å². The van der Waals surface area contributed by atoms with Gasteiger partial charge in [-0.1, -0.05) is 30.3 Å². The Morgan fingerprint density at radius 3 is 2.89 bits per heavy atom. The van der Waals surface area contributed by atoms with Crippen LogP contribution in [0.4, 0.5) is 0 Å². The second kappa shape index (κ2) is 7.21. The third kappa shape index (κ3) is 3.38. The summed E-state index contributed by atoms with van der Waals surface area (Å²) in [6, 6.07) is 13.0. The summed E-state index contributed by atoms with van der Waals surface area (Å²) in [5, 5.41) is 24.4. The van der Waals surface area contributed by atoms with Crippen molar-refractivity contribution >= 4 is 11.0 Å². The van der Waals surface area contributed by atoms with E-state index in [1.807, 2.05) is 36.4 Å². The van der Waals surface area contributed by atoms with Gasteiger partial charge < -0.3 is 20.5 Å². The number of H-pyrrole nitrogens is 1. The minimum absolute atomic E-state index is 0.127. The normalized spacial score (nSPS) is 20.5. The molecule has 6 nitrogen and oxygen atoms in total. The van der Waals surface area contributed by atoms with Gasteiger partial charge in [0, 0.05) is 24.2 Å². The van der Waals surface area contributed by atoms with E-state index >= 15 is 0 Å². The van der Waals surface area contributed by atoms with Crippen LogP contribution < -0.4 is 11.0 Å². The molecule has 0 unspecified atom stereocenters. The van der Waals surface area contributed by atoms with Crippen LogP contribution in [0.15, 0.2) is 47.3 Å². The van der Waals surface area contributed by atoms with Crippen molar-refractivity contribution in [2.24, 2.45) is 0 Å². The topological polar surface area (TPSA) is 90.3 Å². The molecule has 0 spiro atoms. The number of imidazole rings is 1. The molecular formula is C21H25N3O3. The van der Waals surface area contributed by atoms with Crippen molar-refractivity contribution in [1.29, 1.82) is 0 Å². The highest BCUT2D eigenvalue weighted by atomic mass is 16.3. The summed E-state index contributed by atoms with van der Waals surface area (Å²) in [5.74, 6) is 0.324. The average molecular weight is 367 g/mol. The monoisotopic (exact) mass is 367 g/mol. The first-order chi connectivity index (χ1) is 13.0. The van der Waals surface area contributed by atoms with Crippen molar-refractivity contribution in [2.45, 2.75) is 50.9 Å². The van der Waals surface area contributed by atoms with E-state index < -0.39 is 6.10 Å². The summed E-state index contributed by atoms with van der Waals surface area (Å²) in [6.07, 6.45) is 1.60. The number of phenolic OH excluding ortho intramolecular Hbond substituents is 1. The van der Waals surface area contributed by atoms with Gasteiger partial charge >= 0.3 is 5.69 Å². The quantitative estimate of drug-likeness (QED) is 0.558. The molecule has 3 atom stereocenters. The van der Waals surface area contributed by atoms with Crippen LogP contribution >= 0.6 is 0 Å². The SMILES string of the molecule is C[C@@H](CCc1ccccc1O)N[C@@H]1CCn2c(=O)[nH]c3cccc(c32)[C@H]1O. The molecular weight excluding hydrogens is 342 g/mol. The number of rotatable bonds is 5. The van der Waals surface area contributed by atoms with Crippen LogP contribution in [0.1, 0.15) is 37.0 Å². The number of hydrogen-bond acceptors (Lipinski definition) is 4. The number of aliphatic hydroxyl groups is 1. The fourth-order valence-electron chi connectivity index (χ4n) is 4.06. The van der Waals surface area contributed by atoms with E-state index in [2.05, 4.69) is 17.2 Å². The van der Waals surface area contributed by atoms with Gasteiger partial charge in [-0.3, -0.25) is 4.57 Å². The van der Waals surface area contributed by atoms with Gasteiger partial charge in [0.05, 0.1) is 17.1 Å². The average Bonchev–Trinajstić information content (AvgIpc) is 2.91. The lowest BCUT2D eigenvalue weighted by Gasteiger charge is -2.26. The number of hydrogen-bond donors (Lipinski definition) is 4. The highest BCUT2D eigenvalue weighted by molar-refractivity contribution is 5.79. The molecule has 6 heteroatoms. The van der Waals surface area contributed by atoms with Crippen molar-refractivity contribution in [1.82, 2.24) is 14.9 Å². The second-order valence-electron chi connectivity index (χ2n) is 7.40. The Bertz CT molecular complexity index is 1010. The lowest BCUT2D eigenvalue weighted by molar-refractivity contribution is 0.119. The minimum Gasteiger partial charge on any atom is -0.508 e. The van der Waals surface area contributed by atoms with Gasteiger partial charge in [-0.05, 0) is 43.9 Å². The Kier molecular flexibility index (Phi) is 4.76. The maximum atomic E-state index is 12.2. The maximum absolute atomic E-state index is 12.2. The fourth-order valence-corrected chi connectivity index (χ4v) is 4.06. The molecule has 1 aliphatic heterocycles. The summed E-state index contributed by atoms with van der Waals surface area (Å²) < 4.78 is 1.72. The summed E-state index contributed by atoms with van der Waals surface area (Å²) in [4.78, 5) is 15.1. The van der Waals surface area contributed by atoms with E-state index in [0.717, 1.165) is 35.0 Å². The molecule has 27 heavy (non-hydrogen) atoms. The van der Waals surface area contributed by atoms with Crippen molar-refractivity contribution in [3.63, 3.8) is 0 Å². The Morgan fingerprint density at radius 1 is 1.26 bits per heavy atom. The maximum Gasteiger partial charge on any atom is 0.326 e. The molecule has 0 radical (unpaired) electrons. The molecule has 0 fully saturated rings. The number of benzene rings is 2. The highest BCUT2D eigenvalue weighted by Crippen LogP contribution is 2.30. The third-order valence-corrected chi connectivity index (χ3v) is 5.52. The van der Waals surface area contributed by atoms with Crippen LogP contribution in [0.5, 0.6) is 5.75 Å². The second-order valence-corrected chi connectivity index (χ2v) is 7.40. The summed E-state index contributed by atoms with van der Waals surface area (Å²) in [5.41, 5.74) is 3.16. The Balaban J connectivity index is 1.48. The Labute approximate surface area is 157 Å². The number of aryl methyl sites for hydroxylation is 2. The van der Waals surface area contributed by atoms with Gasteiger partial charge in [-0.25, -0.2) is 4.79 Å². The number of nitrogens with one attached hydrogen (secondary N) is 2. The van der Waals surface area contributed by atoms with Crippen LogP contribution in [0, 0.1) is 0 Å². The molecule has 0 saturated heterocycles. The van der Waals surface area contributed by atoms with E-state index in [1.165, 1.54) is 0 Å².